The molecule has 0 bridgehead atoms. The summed E-state index contributed by atoms with van der Waals surface area (Å²) >= 11 is 1.28. The third kappa shape index (κ3) is 4.93. The molecule has 0 saturated heterocycles. The molecule has 7 nitrogen and oxygen atoms in total. The Hall–Kier alpha value is -2.78. The zero-order valence-corrected chi connectivity index (χ0v) is 17.0. The fourth-order valence-electron chi connectivity index (χ4n) is 2.49. The van der Waals surface area contributed by atoms with Crippen LogP contribution in [-0.4, -0.2) is 43.0 Å². The summed E-state index contributed by atoms with van der Waals surface area (Å²) < 4.78 is 30.4. The van der Waals surface area contributed by atoms with Gasteiger partial charge in [-0.25, -0.2) is 13.4 Å². The molecule has 0 unspecified atom stereocenters. The molecule has 1 aromatic heterocycles. The number of nitrogens with one attached hydrogen (secondary N) is 1. The molecule has 0 fully saturated rings. The zero-order valence-electron chi connectivity index (χ0n) is 15.3. The van der Waals surface area contributed by atoms with Gasteiger partial charge in [0.25, 0.3) is 0 Å². The summed E-state index contributed by atoms with van der Waals surface area (Å²) in [4.78, 5) is 16.7. The summed E-state index contributed by atoms with van der Waals surface area (Å²) in [5, 5.41) is 3.37. The summed E-state index contributed by atoms with van der Waals surface area (Å²) in [6, 6.07) is 13.7. The highest BCUT2D eigenvalue weighted by Crippen LogP contribution is 2.23. The second kappa shape index (κ2) is 8.49. The summed E-state index contributed by atoms with van der Waals surface area (Å²) in [5.74, 6) is 0.603. The number of benzene rings is 2. The van der Waals surface area contributed by atoms with Gasteiger partial charge in [0.1, 0.15) is 5.75 Å². The highest BCUT2D eigenvalue weighted by molar-refractivity contribution is 7.99. The fraction of sp³-hybridized carbons (Fsp3) is 0.158. The van der Waals surface area contributed by atoms with Crippen molar-refractivity contribution in [2.45, 2.75) is 10.1 Å². The van der Waals surface area contributed by atoms with Crippen molar-refractivity contribution in [3.63, 3.8) is 0 Å². The van der Waals surface area contributed by atoms with E-state index in [1.54, 1.807) is 25.4 Å². The Morgan fingerprint density at radius 1 is 1.21 bits per heavy atom. The lowest BCUT2D eigenvalue weighted by atomic mass is 10.3. The van der Waals surface area contributed by atoms with Gasteiger partial charge in [-0.2, -0.15) is 0 Å². The van der Waals surface area contributed by atoms with Gasteiger partial charge in [0.15, 0.2) is 15.0 Å². The molecule has 2 aromatic carbocycles. The van der Waals surface area contributed by atoms with Gasteiger partial charge in [-0.15, -0.1) is 0 Å². The number of hydrogen-bond acceptors (Lipinski definition) is 6. The van der Waals surface area contributed by atoms with Crippen LogP contribution in [0.5, 0.6) is 5.75 Å². The fourth-order valence-corrected chi connectivity index (χ4v) is 3.92. The van der Waals surface area contributed by atoms with E-state index in [1.165, 1.54) is 23.9 Å². The number of carbonyl (C=O) groups excluding carboxylic acids is 1. The number of thioether (sulfide) groups is 1. The smallest absolute Gasteiger partial charge is 0.234 e. The minimum absolute atomic E-state index is 0.129. The molecule has 3 rings (SSSR count). The van der Waals surface area contributed by atoms with E-state index in [2.05, 4.69) is 10.3 Å². The quantitative estimate of drug-likeness (QED) is 0.595. The van der Waals surface area contributed by atoms with E-state index in [0.717, 1.165) is 17.7 Å². The number of anilines is 1. The number of methoxy groups -OCH3 is 1. The SMILES string of the molecule is COc1cccc(-n2ccnc2SCC(=O)Nc2cccc(S(C)(=O)=O)c2)c1. The van der Waals surface area contributed by atoms with Gasteiger partial charge in [-0.3, -0.25) is 9.36 Å². The van der Waals surface area contributed by atoms with E-state index < -0.39 is 9.84 Å². The van der Waals surface area contributed by atoms with E-state index in [-0.39, 0.29) is 16.6 Å². The van der Waals surface area contributed by atoms with Crippen molar-refractivity contribution in [1.82, 2.24) is 9.55 Å². The average molecular weight is 418 g/mol. The maximum absolute atomic E-state index is 12.3. The van der Waals surface area contributed by atoms with Gasteiger partial charge >= 0.3 is 0 Å². The number of nitrogens with zero attached hydrogens (tertiary/aromatic N) is 2. The third-order valence-electron chi connectivity index (χ3n) is 3.82. The van der Waals surface area contributed by atoms with Crippen LogP contribution in [0.1, 0.15) is 0 Å². The minimum atomic E-state index is -3.33. The summed E-state index contributed by atoms with van der Waals surface area (Å²) in [6.45, 7) is 0. The zero-order chi connectivity index (χ0) is 20.1. The Morgan fingerprint density at radius 2 is 2.00 bits per heavy atom. The number of aromatic nitrogens is 2. The van der Waals surface area contributed by atoms with Crippen LogP contribution in [0.4, 0.5) is 5.69 Å². The van der Waals surface area contributed by atoms with Crippen LogP contribution >= 0.6 is 11.8 Å². The van der Waals surface area contributed by atoms with Gasteiger partial charge in [0.2, 0.25) is 5.91 Å². The first-order valence-electron chi connectivity index (χ1n) is 8.27. The molecule has 1 N–H and O–H groups in total. The highest BCUT2D eigenvalue weighted by atomic mass is 32.2. The molecular weight excluding hydrogens is 398 g/mol. The van der Waals surface area contributed by atoms with Crippen LogP contribution < -0.4 is 10.1 Å². The molecule has 0 atom stereocenters. The molecule has 3 aromatic rings. The van der Waals surface area contributed by atoms with Crippen LogP contribution in [0.25, 0.3) is 5.69 Å². The lowest BCUT2D eigenvalue weighted by Crippen LogP contribution is -2.15. The van der Waals surface area contributed by atoms with Crippen molar-refractivity contribution >= 4 is 33.2 Å². The van der Waals surface area contributed by atoms with Gasteiger partial charge < -0.3 is 10.1 Å². The molecule has 28 heavy (non-hydrogen) atoms. The lowest BCUT2D eigenvalue weighted by Gasteiger charge is -2.09. The molecular formula is C19H19N3O4S2. The number of amides is 1. The standard InChI is InChI=1S/C19H19N3O4S2/c1-26-16-7-4-6-15(12-16)22-10-9-20-19(22)27-13-18(23)21-14-5-3-8-17(11-14)28(2,24)25/h3-12H,13H2,1-2H3,(H,21,23). The Bertz CT molecular complexity index is 1090. The first-order chi connectivity index (χ1) is 13.4. The second-order valence-corrected chi connectivity index (χ2v) is 8.88. The van der Waals surface area contributed by atoms with E-state index >= 15 is 0 Å². The molecule has 0 saturated carbocycles. The van der Waals surface area contributed by atoms with Crippen molar-refractivity contribution in [3.05, 3.63) is 60.9 Å². The van der Waals surface area contributed by atoms with Crippen LogP contribution in [0.15, 0.2) is 71.0 Å². The van der Waals surface area contributed by atoms with Gasteiger partial charge in [0, 0.05) is 30.4 Å². The van der Waals surface area contributed by atoms with Crippen LogP contribution in [0, 0.1) is 0 Å². The van der Waals surface area contributed by atoms with Crippen molar-refractivity contribution in [2.75, 3.05) is 24.4 Å². The number of hydrogen-bond donors (Lipinski definition) is 1. The number of sulfone groups is 1. The molecule has 146 valence electrons. The number of ether oxygens (including phenoxy) is 1. The van der Waals surface area contributed by atoms with E-state index in [9.17, 15) is 13.2 Å². The summed E-state index contributed by atoms with van der Waals surface area (Å²) in [7, 11) is -1.73. The Morgan fingerprint density at radius 3 is 2.75 bits per heavy atom. The van der Waals surface area contributed by atoms with E-state index in [4.69, 9.17) is 4.74 Å². The van der Waals surface area contributed by atoms with E-state index in [1.807, 2.05) is 35.0 Å². The first-order valence-corrected chi connectivity index (χ1v) is 11.1. The lowest BCUT2D eigenvalue weighted by molar-refractivity contribution is -0.113. The minimum Gasteiger partial charge on any atom is -0.497 e. The summed E-state index contributed by atoms with van der Waals surface area (Å²) in [6.07, 6.45) is 4.60. The van der Waals surface area contributed by atoms with Crippen LogP contribution in [0.3, 0.4) is 0 Å². The Labute approximate surface area is 167 Å². The monoisotopic (exact) mass is 417 g/mol. The molecule has 1 amide bonds. The number of carbonyl (C=O) groups is 1. The topological polar surface area (TPSA) is 90.3 Å². The predicted molar refractivity (Wildman–Crippen MR) is 109 cm³/mol. The number of imidazole rings is 1. The van der Waals surface area contributed by atoms with Crippen molar-refractivity contribution in [1.29, 1.82) is 0 Å². The van der Waals surface area contributed by atoms with Crippen molar-refractivity contribution in [3.8, 4) is 11.4 Å². The van der Waals surface area contributed by atoms with Gasteiger partial charge in [0.05, 0.1) is 23.4 Å². The molecule has 1 heterocycles. The predicted octanol–water partition coefficient (Wildman–Crippen LogP) is 3.02. The third-order valence-corrected chi connectivity index (χ3v) is 5.89. The Kier molecular flexibility index (Phi) is 6.05. The van der Waals surface area contributed by atoms with Gasteiger partial charge in [-0.1, -0.05) is 23.9 Å². The second-order valence-electron chi connectivity index (χ2n) is 5.92. The molecule has 0 spiro atoms. The molecule has 0 aliphatic carbocycles. The average Bonchev–Trinajstić information content (AvgIpc) is 3.14. The molecule has 0 radical (unpaired) electrons. The molecule has 0 aliphatic rings. The van der Waals surface area contributed by atoms with E-state index in [0.29, 0.717) is 10.8 Å². The highest BCUT2D eigenvalue weighted by Gasteiger charge is 2.12. The summed E-state index contributed by atoms with van der Waals surface area (Å²) in [5.41, 5.74) is 1.31. The van der Waals surface area contributed by atoms with Crippen LogP contribution in [-0.2, 0) is 14.6 Å². The van der Waals surface area contributed by atoms with Crippen molar-refractivity contribution in [2.24, 2.45) is 0 Å². The van der Waals surface area contributed by atoms with Crippen LogP contribution in [0.2, 0.25) is 0 Å². The van der Waals surface area contributed by atoms with Gasteiger partial charge in [-0.05, 0) is 30.3 Å². The molecule has 0 aliphatic heterocycles. The normalized spacial score (nSPS) is 11.2. The molecule has 9 heteroatoms. The van der Waals surface area contributed by atoms with Crippen molar-refractivity contribution < 1.29 is 17.9 Å². The number of rotatable bonds is 7. The maximum atomic E-state index is 12.3. The Balaban J connectivity index is 1.67. The largest absolute Gasteiger partial charge is 0.497 e. The first kappa shape index (κ1) is 20.0. The maximum Gasteiger partial charge on any atom is 0.234 e.